The van der Waals surface area contributed by atoms with E-state index in [9.17, 15) is 13.6 Å². The van der Waals surface area contributed by atoms with E-state index in [1.807, 2.05) is 30.3 Å². The van der Waals surface area contributed by atoms with E-state index in [-0.39, 0.29) is 55.4 Å². The molecule has 0 aliphatic carbocycles. The summed E-state index contributed by atoms with van der Waals surface area (Å²) in [6.07, 6.45) is 0.247. The fraction of sp³-hybridized carbons (Fsp3) is 0.333. The summed E-state index contributed by atoms with van der Waals surface area (Å²) in [5.74, 6) is 1.11. The number of aliphatic imine (C=N–C) groups is 1. The highest BCUT2D eigenvalue weighted by atomic mass is 127. The first kappa shape index (κ1) is 25.4. The number of benzene rings is 2. The van der Waals surface area contributed by atoms with Gasteiger partial charge < -0.3 is 30.2 Å². The first-order chi connectivity index (χ1) is 15.0. The summed E-state index contributed by atoms with van der Waals surface area (Å²) in [7, 11) is 1.57. The zero-order valence-corrected chi connectivity index (χ0v) is 19.7. The number of ether oxygens (including phenoxy) is 3. The number of hydrogen-bond acceptors (Lipinski definition) is 5. The molecule has 3 rings (SSSR count). The van der Waals surface area contributed by atoms with E-state index in [4.69, 9.17) is 9.47 Å². The van der Waals surface area contributed by atoms with Gasteiger partial charge in [-0.1, -0.05) is 30.3 Å². The maximum atomic E-state index is 12.7. The smallest absolute Gasteiger partial charge is 0.387 e. The molecule has 0 aromatic heterocycles. The van der Waals surface area contributed by atoms with Crippen LogP contribution in [0.5, 0.6) is 17.2 Å². The van der Waals surface area contributed by atoms with Crippen LogP contribution in [0.25, 0.3) is 0 Å². The molecule has 2 aromatic carbocycles. The van der Waals surface area contributed by atoms with Crippen LogP contribution in [-0.4, -0.2) is 38.9 Å². The van der Waals surface area contributed by atoms with Gasteiger partial charge in [-0.15, -0.1) is 24.0 Å². The Labute approximate surface area is 201 Å². The number of hydrogen-bond donors (Lipinski definition) is 3. The van der Waals surface area contributed by atoms with Crippen LogP contribution in [0.15, 0.2) is 47.5 Å². The van der Waals surface area contributed by atoms with Gasteiger partial charge in [0.25, 0.3) is 0 Å². The van der Waals surface area contributed by atoms with Gasteiger partial charge in [0, 0.05) is 44.7 Å². The lowest BCUT2D eigenvalue weighted by atomic mass is 10.1. The molecule has 0 unspecified atom stereocenters. The van der Waals surface area contributed by atoms with Gasteiger partial charge in [0.05, 0.1) is 0 Å². The van der Waals surface area contributed by atoms with Gasteiger partial charge >= 0.3 is 6.61 Å². The van der Waals surface area contributed by atoms with Crippen LogP contribution in [0.2, 0.25) is 0 Å². The first-order valence-corrected chi connectivity index (χ1v) is 9.67. The Morgan fingerprint density at radius 3 is 2.50 bits per heavy atom. The van der Waals surface area contributed by atoms with E-state index >= 15 is 0 Å². The van der Waals surface area contributed by atoms with Crippen molar-refractivity contribution >= 4 is 35.8 Å². The van der Waals surface area contributed by atoms with Gasteiger partial charge in [-0.2, -0.15) is 8.78 Å². The number of carbonyl (C=O) groups excluding carboxylic acids is 1. The third kappa shape index (κ3) is 7.70. The number of amides is 1. The van der Waals surface area contributed by atoms with Crippen LogP contribution in [-0.2, 0) is 17.9 Å². The topological polar surface area (TPSA) is 93.2 Å². The molecule has 11 heteroatoms. The van der Waals surface area contributed by atoms with Gasteiger partial charge in [-0.05, 0) is 11.6 Å². The van der Waals surface area contributed by atoms with Crippen LogP contribution in [0.1, 0.15) is 17.5 Å². The van der Waals surface area contributed by atoms with Crippen molar-refractivity contribution in [1.82, 2.24) is 16.0 Å². The normalized spacial score (nSPS) is 12.2. The summed E-state index contributed by atoms with van der Waals surface area (Å²) in [6.45, 7) is -1.98. The Morgan fingerprint density at radius 1 is 1.09 bits per heavy atom. The second kappa shape index (κ2) is 12.9. The van der Waals surface area contributed by atoms with Crippen LogP contribution >= 0.6 is 24.0 Å². The molecule has 1 aliphatic rings. The molecule has 0 saturated heterocycles. The van der Waals surface area contributed by atoms with Gasteiger partial charge in [-0.25, -0.2) is 0 Å². The average molecular weight is 562 g/mol. The molecule has 3 N–H and O–H groups in total. The van der Waals surface area contributed by atoms with Crippen LogP contribution < -0.4 is 30.2 Å². The van der Waals surface area contributed by atoms with Crippen molar-refractivity contribution in [3.8, 4) is 17.2 Å². The third-order valence-corrected chi connectivity index (χ3v) is 4.42. The molecule has 1 aliphatic heterocycles. The molecule has 0 bridgehead atoms. The van der Waals surface area contributed by atoms with Crippen LogP contribution in [0, 0.1) is 0 Å². The quantitative estimate of drug-likeness (QED) is 0.247. The SMILES string of the molecule is CN=C(NCCC(=O)NCc1ccccc1)NCc1cc2c(cc1OC(F)F)OCO2.I. The summed E-state index contributed by atoms with van der Waals surface area (Å²) in [6, 6.07) is 12.6. The molecular weight excluding hydrogens is 537 g/mol. The van der Waals surface area contributed by atoms with Crippen molar-refractivity contribution in [2.24, 2.45) is 4.99 Å². The zero-order chi connectivity index (χ0) is 22.1. The van der Waals surface area contributed by atoms with E-state index < -0.39 is 6.61 Å². The Balaban J connectivity index is 0.00000363. The lowest BCUT2D eigenvalue weighted by Gasteiger charge is -2.15. The highest BCUT2D eigenvalue weighted by Crippen LogP contribution is 2.38. The summed E-state index contributed by atoms with van der Waals surface area (Å²) < 4.78 is 40.6. The number of guanidine groups is 1. The van der Waals surface area contributed by atoms with Gasteiger partial charge in [0.15, 0.2) is 17.5 Å². The summed E-state index contributed by atoms with van der Waals surface area (Å²) in [5.41, 5.74) is 1.47. The van der Waals surface area contributed by atoms with E-state index in [2.05, 4.69) is 25.7 Å². The zero-order valence-electron chi connectivity index (χ0n) is 17.4. The largest absolute Gasteiger partial charge is 0.454 e. The average Bonchev–Trinajstić information content (AvgIpc) is 3.22. The van der Waals surface area contributed by atoms with E-state index in [0.717, 1.165) is 5.56 Å². The molecule has 2 aromatic rings. The predicted molar refractivity (Wildman–Crippen MR) is 126 cm³/mol. The Hall–Kier alpha value is -2.83. The Morgan fingerprint density at radius 2 is 1.81 bits per heavy atom. The molecular formula is C21H25F2IN4O4. The van der Waals surface area contributed by atoms with E-state index in [1.54, 1.807) is 13.1 Å². The number of rotatable bonds is 9. The van der Waals surface area contributed by atoms with Crippen molar-refractivity contribution in [1.29, 1.82) is 0 Å². The predicted octanol–water partition coefficient (Wildman–Crippen LogP) is 3.01. The maximum absolute atomic E-state index is 12.7. The van der Waals surface area contributed by atoms with E-state index in [1.165, 1.54) is 6.07 Å². The lowest BCUT2D eigenvalue weighted by molar-refractivity contribution is -0.121. The second-order valence-corrected chi connectivity index (χ2v) is 6.56. The highest BCUT2D eigenvalue weighted by Gasteiger charge is 2.20. The lowest BCUT2D eigenvalue weighted by Crippen LogP contribution is -2.39. The third-order valence-electron chi connectivity index (χ3n) is 4.42. The number of alkyl halides is 2. The second-order valence-electron chi connectivity index (χ2n) is 6.56. The first-order valence-electron chi connectivity index (χ1n) is 9.67. The Bertz CT molecular complexity index is 916. The molecule has 32 heavy (non-hydrogen) atoms. The molecule has 8 nitrogen and oxygen atoms in total. The Kier molecular flexibility index (Phi) is 10.2. The van der Waals surface area contributed by atoms with Crippen molar-refractivity contribution in [3.63, 3.8) is 0 Å². The molecule has 0 radical (unpaired) electrons. The van der Waals surface area contributed by atoms with Crippen molar-refractivity contribution in [3.05, 3.63) is 53.6 Å². The van der Waals surface area contributed by atoms with Crippen LogP contribution in [0.3, 0.4) is 0 Å². The standard InChI is InChI=1S/C21H24F2N4O4.HI/c1-24-21(25-8-7-19(28)26-11-14-5-3-2-4-6-14)27-12-15-9-17-18(30-13-29-17)10-16(15)31-20(22)23;/h2-6,9-10,20H,7-8,11-13H2,1H3,(H,26,28)(H2,24,25,27);1H. The highest BCUT2D eigenvalue weighted by molar-refractivity contribution is 14.0. The molecule has 1 heterocycles. The van der Waals surface area contributed by atoms with Gasteiger partial charge in [0.1, 0.15) is 5.75 Å². The number of fused-ring (bicyclic) bond motifs is 1. The number of nitrogens with zero attached hydrogens (tertiary/aromatic N) is 1. The maximum Gasteiger partial charge on any atom is 0.387 e. The van der Waals surface area contributed by atoms with E-state index in [0.29, 0.717) is 36.1 Å². The van der Waals surface area contributed by atoms with Crippen molar-refractivity contribution in [2.75, 3.05) is 20.4 Å². The minimum atomic E-state index is -2.97. The van der Waals surface area contributed by atoms with Gasteiger partial charge in [-0.3, -0.25) is 9.79 Å². The monoisotopic (exact) mass is 562 g/mol. The summed E-state index contributed by atoms with van der Waals surface area (Å²) in [5, 5.41) is 8.87. The minimum absolute atomic E-state index is 0. The molecule has 174 valence electrons. The fourth-order valence-corrected chi connectivity index (χ4v) is 2.89. The molecule has 0 spiro atoms. The molecule has 0 atom stereocenters. The molecule has 1 amide bonds. The molecule has 0 saturated carbocycles. The van der Waals surface area contributed by atoms with Crippen LogP contribution in [0.4, 0.5) is 8.78 Å². The number of carbonyl (C=O) groups is 1. The fourth-order valence-electron chi connectivity index (χ4n) is 2.89. The summed E-state index contributed by atoms with van der Waals surface area (Å²) in [4.78, 5) is 16.1. The van der Waals surface area contributed by atoms with Crippen molar-refractivity contribution < 1.29 is 27.8 Å². The van der Waals surface area contributed by atoms with Crippen molar-refractivity contribution in [2.45, 2.75) is 26.1 Å². The number of halogens is 3. The summed E-state index contributed by atoms with van der Waals surface area (Å²) >= 11 is 0. The van der Waals surface area contributed by atoms with Gasteiger partial charge in [0.2, 0.25) is 12.7 Å². The minimum Gasteiger partial charge on any atom is -0.454 e. The molecule has 0 fully saturated rings. The number of nitrogens with one attached hydrogen (secondary N) is 3.